The molecule has 4 heteroatoms. The number of hydrogen-bond acceptors (Lipinski definition) is 0. The van der Waals surface area contributed by atoms with Crippen molar-refractivity contribution in [1.29, 1.82) is 0 Å². The minimum atomic E-state index is -1.65. The summed E-state index contributed by atoms with van der Waals surface area (Å²) in [6.45, 7) is 4.33. The number of halogens is 2. The molecule has 0 radical (unpaired) electrons. The molecule has 0 saturated carbocycles. The van der Waals surface area contributed by atoms with Gasteiger partial charge in [-0.3, -0.25) is 0 Å². The molecule has 0 aliphatic rings. The Kier molecular flexibility index (Phi) is 13.7. The second-order valence-corrected chi connectivity index (χ2v) is 35.6. The molecule has 0 unspecified atom stereocenters. The van der Waals surface area contributed by atoms with Gasteiger partial charge in [-0.2, -0.15) is 0 Å². The summed E-state index contributed by atoms with van der Waals surface area (Å²) in [5.74, 6) is 0. The van der Waals surface area contributed by atoms with E-state index < -0.39 is 18.0 Å². The van der Waals surface area contributed by atoms with E-state index in [1.807, 2.05) is 0 Å². The van der Waals surface area contributed by atoms with Crippen molar-refractivity contribution < 1.29 is 18.0 Å². The molecule has 0 amide bonds. The first-order chi connectivity index (χ1) is 25.5. The largest absolute Gasteiger partial charge is 0.144 e. The standard InChI is InChI=1S/2C23H17.C2H6Si.2ClH.Zr/c2*1-4-10-18(11-5-1)21-16-22(19-12-6-2-7-13-19)23(17-21)20-14-8-3-9-15-20;1-3-2;;;/h2*1-17H;1-2H3;2*1H;/q2*-1;;;;+2/p-2. The molecule has 0 aromatic heterocycles. The first-order valence-corrected chi connectivity index (χ1v) is 29.9. The molecule has 0 fully saturated rings. The Morgan fingerprint density at radius 3 is 0.846 bits per heavy atom. The van der Waals surface area contributed by atoms with Crippen LogP contribution in [-0.4, -0.2) is 5.43 Å². The second-order valence-electron chi connectivity index (χ2n) is 12.6. The van der Waals surface area contributed by atoms with Crippen molar-refractivity contribution in [2.45, 2.75) is 13.1 Å². The normalized spacial score (nSPS) is 10.3. The smallest absolute Gasteiger partial charge is 0.0587 e. The van der Waals surface area contributed by atoms with Crippen LogP contribution in [0.25, 0.3) is 66.8 Å². The maximum absolute atomic E-state index is 5.62. The van der Waals surface area contributed by atoms with Crippen LogP contribution in [0.3, 0.4) is 0 Å². The second kappa shape index (κ2) is 19.0. The van der Waals surface area contributed by atoms with Gasteiger partial charge < -0.3 is 0 Å². The topological polar surface area (TPSA) is 0 Å². The molecule has 52 heavy (non-hydrogen) atoms. The third-order valence-corrected chi connectivity index (χ3v) is 28.5. The Labute approximate surface area is 324 Å². The maximum Gasteiger partial charge on any atom is -0.0587 e. The quantitative estimate of drug-likeness (QED) is 0.116. The SMILES string of the molecule is C[Si](C)=[Zr]([Cl])[Cl].c1ccc(-c2cc(-c3ccccc3)c(-c3ccccc3)[cH-]2)cc1.c1ccc(-c2cc(-c3ccccc3)c(-c3ccccc3)[cH-]2)cc1. The van der Waals surface area contributed by atoms with Gasteiger partial charge in [0.1, 0.15) is 0 Å². The van der Waals surface area contributed by atoms with Crippen LogP contribution in [0.1, 0.15) is 0 Å². The fourth-order valence-corrected chi connectivity index (χ4v) is 6.04. The van der Waals surface area contributed by atoms with Gasteiger partial charge in [0.05, 0.1) is 0 Å². The summed E-state index contributed by atoms with van der Waals surface area (Å²) < 4.78 is 0. The van der Waals surface area contributed by atoms with Crippen LogP contribution in [0.2, 0.25) is 13.1 Å². The van der Waals surface area contributed by atoms with Crippen molar-refractivity contribution in [3.8, 4) is 66.8 Å². The molecule has 0 atom stereocenters. The summed E-state index contributed by atoms with van der Waals surface area (Å²) in [5.41, 5.74) is 15.0. The molecule has 0 aliphatic carbocycles. The van der Waals surface area contributed by atoms with Crippen LogP contribution >= 0.6 is 17.0 Å². The van der Waals surface area contributed by atoms with E-state index in [9.17, 15) is 0 Å². The van der Waals surface area contributed by atoms with Crippen LogP contribution in [-0.2, 0) is 18.0 Å². The Morgan fingerprint density at radius 1 is 0.365 bits per heavy atom. The van der Waals surface area contributed by atoms with Crippen LogP contribution in [0.15, 0.2) is 206 Å². The Balaban J connectivity index is 0.000000155. The molecule has 0 saturated heterocycles. The van der Waals surface area contributed by atoms with Crippen LogP contribution in [0.5, 0.6) is 0 Å². The van der Waals surface area contributed by atoms with Gasteiger partial charge in [0.25, 0.3) is 0 Å². The Bertz CT molecular complexity index is 2010. The van der Waals surface area contributed by atoms with E-state index in [1.165, 1.54) is 66.8 Å². The third kappa shape index (κ3) is 9.97. The monoisotopic (exact) mass is 804 g/mol. The van der Waals surface area contributed by atoms with Gasteiger partial charge >= 0.3 is 53.5 Å². The fourth-order valence-electron chi connectivity index (χ4n) is 6.04. The zero-order valence-corrected chi connectivity index (χ0v) is 34.4. The summed E-state index contributed by atoms with van der Waals surface area (Å²) in [7, 11) is 11.2. The summed E-state index contributed by atoms with van der Waals surface area (Å²) in [6.07, 6.45) is 0. The van der Waals surface area contributed by atoms with Gasteiger partial charge in [-0.1, -0.05) is 215 Å². The number of rotatable bonds is 6. The molecule has 0 bridgehead atoms. The van der Waals surface area contributed by atoms with E-state index in [4.69, 9.17) is 17.0 Å². The van der Waals surface area contributed by atoms with Gasteiger partial charge in [0.15, 0.2) is 0 Å². The van der Waals surface area contributed by atoms with Gasteiger partial charge in [-0.25, -0.2) is 0 Å². The maximum atomic E-state index is 5.62. The van der Waals surface area contributed by atoms with Crippen molar-refractivity contribution >= 4 is 22.5 Å². The number of hydrogen-bond donors (Lipinski definition) is 0. The molecule has 0 heterocycles. The summed E-state index contributed by atoms with van der Waals surface area (Å²) in [4.78, 5) is 0. The van der Waals surface area contributed by atoms with Crippen molar-refractivity contribution in [3.05, 3.63) is 206 Å². The van der Waals surface area contributed by atoms with Crippen molar-refractivity contribution in [1.82, 2.24) is 0 Å². The predicted octanol–water partition coefficient (Wildman–Crippen LogP) is 15.0. The molecule has 8 aromatic carbocycles. The van der Waals surface area contributed by atoms with Gasteiger partial charge in [-0.05, 0) is 0 Å². The van der Waals surface area contributed by atoms with E-state index in [0.29, 0.717) is 0 Å². The summed E-state index contributed by atoms with van der Waals surface area (Å²) >= 11 is -1.65. The van der Waals surface area contributed by atoms with Crippen LogP contribution in [0.4, 0.5) is 0 Å². The summed E-state index contributed by atoms with van der Waals surface area (Å²) in [5, 5.41) is 0. The molecule has 0 aliphatic heterocycles. The average molecular weight is 807 g/mol. The van der Waals surface area contributed by atoms with E-state index in [2.05, 4.69) is 219 Å². The van der Waals surface area contributed by atoms with Gasteiger partial charge in [0, 0.05) is 0 Å². The molecule has 0 N–H and O–H groups in total. The van der Waals surface area contributed by atoms with E-state index in [1.54, 1.807) is 0 Å². The Morgan fingerprint density at radius 2 is 0.596 bits per heavy atom. The molecule has 8 rings (SSSR count). The molecule has 8 aromatic rings. The molecule has 0 spiro atoms. The average Bonchev–Trinajstić information content (AvgIpc) is 3.87. The first-order valence-electron chi connectivity index (χ1n) is 17.4. The zero-order valence-electron chi connectivity index (χ0n) is 29.4. The first kappa shape index (κ1) is 37.5. The van der Waals surface area contributed by atoms with E-state index in [-0.39, 0.29) is 5.43 Å². The van der Waals surface area contributed by atoms with Crippen LogP contribution in [0, 0.1) is 0 Å². The predicted molar refractivity (Wildman–Crippen MR) is 226 cm³/mol. The molecule has 256 valence electrons. The van der Waals surface area contributed by atoms with Gasteiger partial charge in [0.2, 0.25) is 0 Å². The van der Waals surface area contributed by atoms with Crippen LogP contribution < -0.4 is 0 Å². The van der Waals surface area contributed by atoms with Crippen molar-refractivity contribution in [3.63, 3.8) is 0 Å². The summed E-state index contributed by atoms with van der Waals surface area (Å²) in [6, 6.07) is 72.8. The van der Waals surface area contributed by atoms with E-state index >= 15 is 0 Å². The van der Waals surface area contributed by atoms with Gasteiger partial charge in [-0.15, -0.1) is 57.6 Å². The van der Waals surface area contributed by atoms with E-state index in [0.717, 1.165) is 0 Å². The minimum absolute atomic E-state index is 0.224. The fraction of sp³-hybridized carbons (Fsp3) is 0.0417. The minimum Gasteiger partial charge on any atom is -0.144 e. The third-order valence-electron chi connectivity index (χ3n) is 8.71. The molecule has 0 nitrogen and oxygen atoms in total. The molecular formula is C48H40Cl2SiZr-2. The zero-order chi connectivity index (χ0) is 36.1. The Hall–Kier alpha value is -4.30. The molecular weight excluding hydrogens is 767 g/mol. The van der Waals surface area contributed by atoms with Crippen molar-refractivity contribution in [2.75, 3.05) is 0 Å². The van der Waals surface area contributed by atoms with Crippen molar-refractivity contribution in [2.24, 2.45) is 0 Å². The number of benzene rings is 6.